The molecule has 0 aliphatic heterocycles. The standard InChI is InChI=1S/C14H18N4O2/c1-14(2,3)16-13(20)15-8-11-9-6-4-5-7-10(9)12(19)18-17-11/h4-7H,8H2,1-3H3,(H,18,19)(H2,15,16,20). The van der Waals surface area contributed by atoms with Crippen LogP contribution in [0.2, 0.25) is 0 Å². The van der Waals surface area contributed by atoms with Crippen LogP contribution in [0, 0.1) is 0 Å². The molecule has 1 aromatic carbocycles. The van der Waals surface area contributed by atoms with Gasteiger partial charge in [0, 0.05) is 10.9 Å². The first-order valence-electron chi connectivity index (χ1n) is 6.39. The Balaban J connectivity index is 2.17. The summed E-state index contributed by atoms with van der Waals surface area (Å²) in [5.74, 6) is 0. The van der Waals surface area contributed by atoms with E-state index in [1.54, 1.807) is 12.1 Å². The molecule has 6 nitrogen and oxygen atoms in total. The van der Waals surface area contributed by atoms with E-state index in [1.807, 2.05) is 32.9 Å². The van der Waals surface area contributed by atoms with Gasteiger partial charge in [-0.1, -0.05) is 18.2 Å². The Kier molecular flexibility index (Phi) is 3.74. The Morgan fingerprint density at radius 1 is 1.25 bits per heavy atom. The van der Waals surface area contributed by atoms with Crippen LogP contribution >= 0.6 is 0 Å². The summed E-state index contributed by atoms with van der Waals surface area (Å²) < 4.78 is 0. The summed E-state index contributed by atoms with van der Waals surface area (Å²) in [7, 11) is 0. The third-order valence-electron chi connectivity index (χ3n) is 2.68. The molecule has 20 heavy (non-hydrogen) atoms. The second kappa shape index (κ2) is 5.32. The van der Waals surface area contributed by atoms with Gasteiger partial charge in [0.2, 0.25) is 0 Å². The van der Waals surface area contributed by atoms with E-state index < -0.39 is 0 Å². The SMILES string of the molecule is CC(C)(C)NC(=O)NCc1n[nH]c(=O)c2ccccc12. The number of carbonyl (C=O) groups is 1. The maximum Gasteiger partial charge on any atom is 0.315 e. The summed E-state index contributed by atoms with van der Waals surface area (Å²) >= 11 is 0. The minimum absolute atomic E-state index is 0.233. The van der Waals surface area contributed by atoms with Crippen LogP contribution in [0.5, 0.6) is 0 Å². The lowest BCUT2D eigenvalue weighted by molar-refractivity contribution is 0.231. The van der Waals surface area contributed by atoms with Crippen molar-refractivity contribution in [2.45, 2.75) is 32.9 Å². The van der Waals surface area contributed by atoms with E-state index in [0.29, 0.717) is 11.1 Å². The molecule has 3 N–H and O–H groups in total. The van der Waals surface area contributed by atoms with Crippen LogP contribution in [0.4, 0.5) is 4.79 Å². The summed E-state index contributed by atoms with van der Waals surface area (Å²) in [6.07, 6.45) is 0. The first-order valence-corrected chi connectivity index (χ1v) is 6.39. The fraction of sp³-hybridized carbons (Fsp3) is 0.357. The van der Waals surface area contributed by atoms with Gasteiger partial charge in [-0.25, -0.2) is 9.89 Å². The minimum Gasteiger partial charge on any atom is -0.334 e. The Hall–Kier alpha value is -2.37. The molecule has 0 spiro atoms. The largest absolute Gasteiger partial charge is 0.334 e. The zero-order valence-corrected chi connectivity index (χ0v) is 11.8. The van der Waals surface area contributed by atoms with Crippen molar-refractivity contribution in [2.24, 2.45) is 0 Å². The zero-order chi connectivity index (χ0) is 14.8. The molecule has 0 radical (unpaired) electrons. The predicted octanol–water partition coefficient (Wildman–Crippen LogP) is 1.52. The summed E-state index contributed by atoms with van der Waals surface area (Å²) in [6, 6.07) is 6.91. The number of aromatic nitrogens is 2. The average Bonchev–Trinajstić information content (AvgIpc) is 2.36. The number of hydrogen-bond acceptors (Lipinski definition) is 3. The van der Waals surface area contributed by atoms with E-state index in [9.17, 15) is 9.59 Å². The zero-order valence-electron chi connectivity index (χ0n) is 11.8. The van der Waals surface area contributed by atoms with Crippen molar-refractivity contribution in [3.8, 4) is 0 Å². The molecule has 0 saturated carbocycles. The van der Waals surface area contributed by atoms with Gasteiger partial charge >= 0.3 is 6.03 Å². The van der Waals surface area contributed by atoms with Crippen molar-refractivity contribution in [1.82, 2.24) is 20.8 Å². The van der Waals surface area contributed by atoms with Crippen molar-refractivity contribution in [3.05, 3.63) is 40.3 Å². The van der Waals surface area contributed by atoms with Crippen LogP contribution < -0.4 is 16.2 Å². The van der Waals surface area contributed by atoms with Gasteiger partial charge in [-0.2, -0.15) is 5.10 Å². The quantitative estimate of drug-likeness (QED) is 0.776. The van der Waals surface area contributed by atoms with Crippen molar-refractivity contribution >= 4 is 16.8 Å². The maximum atomic E-state index is 11.7. The van der Waals surface area contributed by atoms with Crippen molar-refractivity contribution in [3.63, 3.8) is 0 Å². The topological polar surface area (TPSA) is 86.9 Å². The Bertz CT molecular complexity index is 685. The number of urea groups is 1. The molecule has 1 aromatic heterocycles. The van der Waals surface area contributed by atoms with E-state index in [4.69, 9.17) is 0 Å². The summed E-state index contributed by atoms with van der Waals surface area (Å²) in [4.78, 5) is 23.4. The third-order valence-corrected chi connectivity index (χ3v) is 2.68. The summed E-state index contributed by atoms with van der Waals surface area (Å²) in [6.45, 7) is 5.96. The van der Waals surface area contributed by atoms with Gasteiger partial charge in [0.15, 0.2) is 0 Å². The van der Waals surface area contributed by atoms with Gasteiger partial charge in [0.1, 0.15) is 0 Å². The van der Waals surface area contributed by atoms with Gasteiger partial charge in [-0.05, 0) is 26.8 Å². The molecule has 0 fully saturated rings. The first kappa shape index (κ1) is 14.0. The first-order chi connectivity index (χ1) is 9.37. The lowest BCUT2D eigenvalue weighted by Crippen LogP contribution is -2.46. The highest BCUT2D eigenvalue weighted by atomic mass is 16.2. The summed E-state index contributed by atoms with van der Waals surface area (Å²) in [5, 5.41) is 13.3. The Labute approximate surface area is 116 Å². The molecule has 0 saturated heterocycles. The van der Waals surface area contributed by atoms with E-state index in [2.05, 4.69) is 20.8 Å². The molecule has 0 atom stereocenters. The number of H-pyrrole nitrogens is 1. The third kappa shape index (κ3) is 3.34. The highest BCUT2D eigenvalue weighted by Crippen LogP contribution is 2.11. The van der Waals surface area contributed by atoms with Crippen LogP contribution in [0.15, 0.2) is 29.1 Å². The molecule has 2 aromatic rings. The number of carbonyl (C=O) groups excluding carboxylic acids is 1. The lowest BCUT2D eigenvalue weighted by atomic mass is 10.1. The molecule has 0 aliphatic carbocycles. The van der Waals surface area contributed by atoms with Crippen molar-refractivity contribution < 1.29 is 4.79 Å². The van der Waals surface area contributed by atoms with Crippen LogP contribution in [-0.2, 0) is 6.54 Å². The van der Waals surface area contributed by atoms with Crippen LogP contribution in [-0.4, -0.2) is 21.8 Å². The monoisotopic (exact) mass is 274 g/mol. The number of benzene rings is 1. The molecular weight excluding hydrogens is 256 g/mol. The van der Waals surface area contributed by atoms with Gasteiger partial charge in [0.25, 0.3) is 5.56 Å². The molecule has 0 aliphatic rings. The highest BCUT2D eigenvalue weighted by Gasteiger charge is 2.14. The number of nitrogens with zero attached hydrogens (tertiary/aromatic N) is 1. The van der Waals surface area contributed by atoms with Crippen LogP contribution in [0.3, 0.4) is 0 Å². The van der Waals surface area contributed by atoms with Crippen LogP contribution in [0.1, 0.15) is 26.5 Å². The molecule has 0 bridgehead atoms. The van der Waals surface area contributed by atoms with Gasteiger partial charge in [-0.3, -0.25) is 4.79 Å². The number of amides is 2. The van der Waals surface area contributed by atoms with Crippen LogP contribution in [0.25, 0.3) is 10.8 Å². The molecule has 1 heterocycles. The maximum absolute atomic E-state index is 11.7. The van der Waals surface area contributed by atoms with Crippen molar-refractivity contribution in [2.75, 3.05) is 0 Å². The van der Waals surface area contributed by atoms with E-state index in [1.165, 1.54) is 0 Å². The predicted molar refractivity (Wildman–Crippen MR) is 77.5 cm³/mol. The van der Waals surface area contributed by atoms with E-state index in [0.717, 1.165) is 5.39 Å². The fourth-order valence-electron chi connectivity index (χ4n) is 1.86. The smallest absolute Gasteiger partial charge is 0.315 e. The van der Waals surface area contributed by atoms with Gasteiger partial charge in [0.05, 0.1) is 17.6 Å². The number of nitrogens with one attached hydrogen (secondary N) is 3. The molecular formula is C14H18N4O2. The molecule has 2 rings (SSSR count). The van der Waals surface area contributed by atoms with E-state index >= 15 is 0 Å². The second-order valence-electron chi connectivity index (χ2n) is 5.60. The van der Waals surface area contributed by atoms with Crippen molar-refractivity contribution in [1.29, 1.82) is 0 Å². The summed E-state index contributed by atoms with van der Waals surface area (Å²) in [5.41, 5.74) is 0.0951. The van der Waals surface area contributed by atoms with Gasteiger partial charge < -0.3 is 10.6 Å². The second-order valence-corrected chi connectivity index (χ2v) is 5.60. The molecule has 2 amide bonds. The Morgan fingerprint density at radius 2 is 1.90 bits per heavy atom. The number of hydrogen-bond donors (Lipinski definition) is 3. The fourth-order valence-corrected chi connectivity index (χ4v) is 1.86. The normalized spacial score (nSPS) is 11.3. The number of rotatable bonds is 2. The average molecular weight is 274 g/mol. The molecule has 6 heteroatoms. The van der Waals surface area contributed by atoms with E-state index in [-0.39, 0.29) is 23.7 Å². The number of fused-ring (bicyclic) bond motifs is 1. The van der Waals surface area contributed by atoms with Gasteiger partial charge in [-0.15, -0.1) is 0 Å². The molecule has 0 unspecified atom stereocenters. The highest BCUT2D eigenvalue weighted by molar-refractivity contribution is 5.84. The number of aromatic amines is 1. The minimum atomic E-state index is -0.301. The Morgan fingerprint density at radius 3 is 2.55 bits per heavy atom. The molecule has 106 valence electrons. The lowest BCUT2D eigenvalue weighted by Gasteiger charge is -2.20.